The molecule has 3 N–H and O–H groups in total. The van der Waals surface area contributed by atoms with Crippen LogP contribution in [0.25, 0.3) is 0 Å². The average molecular weight is 482 g/mol. The van der Waals surface area contributed by atoms with E-state index in [0.717, 1.165) is 31.2 Å². The quantitative estimate of drug-likeness (QED) is 0.580. The summed E-state index contributed by atoms with van der Waals surface area (Å²) in [5.74, 6) is -1.31. The van der Waals surface area contributed by atoms with Crippen LogP contribution in [-0.4, -0.2) is 34.1 Å². The highest BCUT2D eigenvalue weighted by atomic mass is 19.1. The Morgan fingerprint density at radius 2 is 2.00 bits per heavy atom. The van der Waals surface area contributed by atoms with Gasteiger partial charge in [-0.3, -0.25) is 14.6 Å². The highest BCUT2D eigenvalue weighted by Crippen LogP contribution is 2.55. The number of hydrogen-bond donors (Lipinski definition) is 3. The Labute approximate surface area is 206 Å². The lowest BCUT2D eigenvalue weighted by molar-refractivity contribution is -0.142. The predicted octanol–water partition coefficient (Wildman–Crippen LogP) is 4.09. The molecule has 1 heterocycles. The van der Waals surface area contributed by atoms with E-state index in [1.807, 2.05) is 19.1 Å². The van der Waals surface area contributed by atoms with Gasteiger partial charge in [0.1, 0.15) is 5.82 Å². The summed E-state index contributed by atoms with van der Waals surface area (Å²) in [4.78, 5) is 29.8. The fourth-order valence-corrected chi connectivity index (χ4v) is 6.43. The first kappa shape index (κ1) is 25.3. The van der Waals surface area contributed by atoms with Crippen molar-refractivity contribution in [3.8, 4) is 0 Å². The molecule has 2 saturated carbocycles. The van der Waals surface area contributed by atoms with Gasteiger partial charge in [0, 0.05) is 36.5 Å². The lowest BCUT2D eigenvalue weighted by atomic mass is 9.51. The maximum Gasteiger partial charge on any atom is 0.251 e. The van der Waals surface area contributed by atoms with Crippen molar-refractivity contribution in [2.75, 3.05) is 0 Å². The number of amides is 2. The molecule has 0 aliphatic heterocycles. The van der Waals surface area contributed by atoms with Gasteiger partial charge in [0.25, 0.3) is 5.91 Å². The zero-order chi connectivity index (χ0) is 25.2. The number of aliphatic hydroxyl groups excluding tert-OH is 1. The molecule has 188 valence electrons. The molecule has 2 aliphatic rings. The summed E-state index contributed by atoms with van der Waals surface area (Å²) in [6.45, 7) is 6.61. The number of pyridine rings is 1. The molecule has 1 aromatic carbocycles. The third kappa shape index (κ3) is 5.40. The van der Waals surface area contributed by atoms with Gasteiger partial charge in [-0.05, 0) is 78.7 Å². The van der Waals surface area contributed by atoms with Gasteiger partial charge in [-0.1, -0.05) is 32.9 Å². The van der Waals surface area contributed by atoms with Crippen LogP contribution in [0.4, 0.5) is 4.39 Å². The van der Waals surface area contributed by atoms with Crippen molar-refractivity contribution in [1.29, 1.82) is 0 Å². The van der Waals surface area contributed by atoms with Crippen LogP contribution in [0.2, 0.25) is 0 Å². The minimum atomic E-state index is -0.642. The number of nitrogens with one attached hydrogen (secondary N) is 2. The molecule has 1 aromatic heterocycles. The van der Waals surface area contributed by atoms with Crippen LogP contribution in [0.15, 0.2) is 48.8 Å². The molecule has 2 aliphatic carbocycles. The van der Waals surface area contributed by atoms with Crippen molar-refractivity contribution in [3.05, 3.63) is 65.7 Å². The molecule has 0 spiro atoms. The average Bonchev–Trinajstić information content (AvgIpc) is 2.84. The highest BCUT2D eigenvalue weighted by molar-refractivity contribution is 5.94. The summed E-state index contributed by atoms with van der Waals surface area (Å²) in [5, 5.41) is 17.6. The van der Waals surface area contributed by atoms with Crippen LogP contribution >= 0.6 is 0 Å². The number of nitrogens with zero attached hydrogens (tertiary/aromatic N) is 1. The van der Waals surface area contributed by atoms with Gasteiger partial charge < -0.3 is 15.7 Å². The van der Waals surface area contributed by atoms with Gasteiger partial charge in [-0.2, -0.15) is 0 Å². The number of carbonyl (C=O) groups excluding carboxylic acids is 2. The molecular weight excluding hydrogens is 445 g/mol. The molecule has 2 fully saturated rings. The number of benzene rings is 1. The molecule has 0 radical (unpaired) electrons. The normalized spacial score (nSPS) is 31.2. The number of fused-ring (bicyclic) bond motifs is 1. The maximum absolute atomic E-state index is 13.6. The Morgan fingerprint density at radius 3 is 2.71 bits per heavy atom. The number of aromatic nitrogens is 1. The van der Waals surface area contributed by atoms with Gasteiger partial charge in [0.15, 0.2) is 0 Å². The summed E-state index contributed by atoms with van der Waals surface area (Å²) in [5.41, 5.74) is 1.19. The number of rotatable bonds is 6. The summed E-state index contributed by atoms with van der Waals surface area (Å²) in [6.07, 6.45) is 6.22. The topological polar surface area (TPSA) is 91.3 Å². The second-order valence-corrected chi connectivity index (χ2v) is 10.7. The lowest BCUT2D eigenvalue weighted by Crippen LogP contribution is -2.58. The van der Waals surface area contributed by atoms with Crippen molar-refractivity contribution in [2.24, 2.45) is 29.1 Å². The molecule has 4 rings (SSSR count). The lowest BCUT2D eigenvalue weighted by Gasteiger charge is -2.56. The van der Waals surface area contributed by atoms with E-state index in [1.165, 1.54) is 18.2 Å². The summed E-state index contributed by atoms with van der Waals surface area (Å²) >= 11 is 0. The molecule has 0 unspecified atom stereocenters. The summed E-state index contributed by atoms with van der Waals surface area (Å²) in [7, 11) is 0. The second kappa shape index (κ2) is 10.4. The van der Waals surface area contributed by atoms with E-state index in [1.54, 1.807) is 18.5 Å². The molecular formula is C28H36FN3O3. The smallest absolute Gasteiger partial charge is 0.251 e. The SMILES string of the molecule is C[C@@H]1[C@@H]2[C@@H](O)[C@@H]([C@H](C)C(=O)NCc3cccnc3)CC[C@]2(C)CC[C@@H]1NC(=O)c1cccc(F)c1. The monoisotopic (exact) mass is 481 g/mol. The third-order valence-electron chi connectivity index (χ3n) is 8.54. The van der Waals surface area contributed by atoms with Crippen LogP contribution in [0, 0.1) is 34.9 Å². The number of aliphatic hydroxyl groups is 1. The Bertz CT molecular complexity index is 1050. The largest absolute Gasteiger partial charge is 0.392 e. The zero-order valence-electron chi connectivity index (χ0n) is 20.7. The van der Waals surface area contributed by atoms with Crippen LogP contribution in [0.3, 0.4) is 0 Å². The van der Waals surface area contributed by atoms with Gasteiger partial charge in [0.05, 0.1) is 6.10 Å². The fourth-order valence-electron chi connectivity index (χ4n) is 6.43. The second-order valence-electron chi connectivity index (χ2n) is 10.7. The number of halogens is 1. The molecule has 6 nitrogen and oxygen atoms in total. The third-order valence-corrected chi connectivity index (χ3v) is 8.54. The molecule has 7 atom stereocenters. The van der Waals surface area contributed by atoms with Crippen molar-refractivity contribution >= 4 is 11.8 Å². The Kier molecular flexibility index (Phi) is 7.55. The predicted molar refractivity (Wildman–Crippen MR) is 132 cm³/mol. The van der Waals surface area contributed by atoms with Gasteiger partial charge in [-0.25, -0.2) is 4.39 Å². The molecule has 0 saturated heterocycles. The van der Waals surface area contributed by atoms with Crippen LogP contribution in [0.5, 0.6) is 0 Å². The van der Waals surface area contributed by atoms with E-state index in [4.69, 9.17) is 0 Å². The van der Waals surface area contributed by atoms with Gasteiger partial charge in [-0.15, -0.1) is 0 Å². The maximum atomic E-state index is 13.6. The van der Waals surface area contributed by atoms with E-state index in [9.17, 15) is 19.1 Å². The molecule has 35 heavy (non-hydrogen) atoms. The first-order chi connectivity index (χ1) is 16.7. The minimum absolute atomic E-state index is 0.0229. The van der Waals surface area contributed by atoms with Crippen molar-refractivity contribution in [2.45, 2.75) is 65.1 Å². The fraction of sp³-hybridized carbons (Fsp3) is 0.536. The van der Waals surface area contributed by atoms with Crippen LogP contribution in [0.1, 0.15) is 62.4 Å². The first-order valence-electron chi connectivity index (χ1n) is 12.6. The summed E-state index contributed by atoms with van der Waals surface area (Å²) < 4.78 is 13.6. The van der Waals surface area contributed by atoms with E-state index in [-0.39, 0.29) is 46.9 Å². The van der Waals surface area contributed by atoms with Crippen molar-refractivity contribution < 1.29 is 19.1 Å². The summed E-state index contributed by atoms with van der Waals surface area (Å²) in [6, 6.07) is 9.33. The van der Waals surface area contributed by atoms with Crippen LogP contribution < -0.4 is 10.6 Å². The standard InChI is InChI=1S/C28H36FN3O3/c1-17(26(34)31-16-19-6-5-13-30-15-19)22-9-11-28(3)12-10-23(18(2)24(28)25(22)33)32-27(35)20-7-4-8-21(29)14-20/h4-8,13-15,17-18,22-25,33H,9-12,16H2,1-3H3,(H,31,34)(H,32,35)/t17-,18-,22+,23-,24+,25-,28+/m0/s1. The highest BCUT2D eigenvalue weighted by Gasteiger charge is 2.53. The van der Waals surface area contributed by atoms with Crippen LogP contribution in [-0.2, 0) is 11.3 Å². The van der Waals surface area contributed by atoms with E-state index in [2.05, 4.69) is 29.5 Å². The zero-order valence-corrected chi connectivity index (χ0v) is 20.7. The molecule has 7 heteroatoms. The van der Waals surface area contributed by atoms with Gasteiger partial charge >= 0.3 is 0 Å². The molecule has 0 bridgehead atoms. The molecule has 2 amide bonds. The Morgan fingerprint density at radius 1 is 1.23 bits per heavy atom. The number of hydrogen-bond acceptors (Lipinski definition) is 4. The molecule has 2 aromatic rings. The van der Waals surface area contributed by atoms with Crippen molar-refractivity contribution in [1.82, 2.24) is 15.6 Å². The Balaban J connectivity index is 1.43. The Hall–Kier alpha value is -2.80. The van der Waals surface area contributed by atoms with Gasteiger partial charge in [0.2, 0.25) is 5.91 Å². The first-order valence-corrected chi connectivity index (χ1v) is 12.6. The van der Waals surface area contributed by atoms with E-state index in [0.29, 0.717) is 12.1 Å². The van der Waals surface area contributed by atoms with E-state index < -0.39 is 11.9 Å². The van der Waals surface area contributed by atoms with Crippen molar-refractivity contribution in [3.63, 3.8) is 0 Å². The number of carbonyl (C=O) groups is 2. The van der Waals surface area contributed by atoms with E-state index >= 15 is 0 Å². The minimum Gasteiger partial charge on any atom is -0.392 e.